The van der Waals surface area contributed by atoms with Crippen LogP contribution in [0.15, 0.2) is 71.2 Å². The zero-order valence-electron chi connectivity index (χ0n) is 22.5. The van der Waals surface area contributed by atoms with E-state index >= 15 is 0 Å². The predicted molar refractivity (Wildman–Crippen MR) is 152 cm³/mol. The number of fused-ring (bicyclic) bond motifs is 1. The van der Waals surface area contributed by atoms with E-state index in [-0.39, 0.29) is 28.4 Å². The van der Waals surface area contributed by atoms with Crippen molar-refractivity contribution in [3.8, 4) is 5.75 Å². The number of benzene rings is 3. The van der Waals surface area contributed by atoms with Crippen molar-refractivity contribution in [2.75, 3.05) is 9.96 Å². The average molecular weight is 578 g/mol. The topological polar surface area (TPSA) is 70.1 Å². The fourth-order valence-corrected chi connectivity index (χ4v) is 5.63. The smallest absolute Gasteiger partial charge is 0.266 e. The molecule has 0 aromatic heterocycles. The van der Waals surface area contributed by atoms with Crippen LogP contribution in [0.2, 0.25) is 0 Å². The van der Waals surface area contributed by atoms with Gasteiger partial charge in [0.15, 0.2) is 6.10 Å². The SMILES string of the molecule is CC(C)(C)c1cc([C@@H]2[C@@H]3C(=O)N(c4ccc(Br)cc4)C(=O)[C@@H]3ON2c2ccccc2)cc(C(C)(C)C)c1O. The largest absolute Gasteiger partial charge is 0.507 e. The normalized spacial score (nSPS) is 21.8. The summed E-state index contributed by atoms with van der Waals surface area (Å²) in [4.78, 5) is 35.2. The number of aromatic hydroxyl groups is 1. The van der Waals surface area contributed by atoms with Crippen LogP contribution in [-0.2, 0) is 25.3 Å². The number of imide groups is 1. The van der Waals surface area contributed by atoms with Crippen molar-refractivity contribution in [1.29, 1.82) is 0 Å². The van der Waals surface area contributed by atoms with Crippen LogP contribution in [-0.4, -0.2) is 23.0 Å². The minimum atomic E-state index is -0.957. The summed E-state index contributed by atoms with van der Waals surface area (Å²) in [6.45, 7) is 12.3. The highest BCUT2D eigenvalue weighted by Crippen LogP contribution is 2.50. The number of carbonyl (C=O) groups is 2. The van der Waals surface area contributed by atoms with Gasteiger partial charge in [-0.3, -0.25) is 14.4 Å². The van der Waals surface area contributed by atoms with Crippen molar-refractivity contribution < 1.29 is 19.5 Å². The monoisotopic (exact) mass is 576 g/mol. The number of halogens is 1. The molecule has 2 saturated heterocycles. The number of amides is 2. The van der Waals surface area contributed by atoms with E-state index in [1.54, 1.807) is 17.2 Å². The molecule has 0 unspecified atom stereocenters. The maximum absolute atomic E-state index is 14.0. The van der Waals surface area contributed by atoms with Gasteiger partial charge >= 0.3 is 0 Å². The third-order valence-corrected chi connectivity index (χ3v) is 7.83. The summed E-state index contributed by atoms with van der Waals surface area (Å²) in [5.74, 6) is -1.16. The van der Waals surface area contributed by atoms with Gasteiger partial charge in [-0.1, -0.05) is 75.7 Å². The quantitative estimate of drug-likeness (QED) is 0.347. The summed E-state index contributed by atoms with van der Waals surface area (Å²) in [6, 6.07) is 20.0. The van der Waals surface area contributed by atoms with Crippen LogP contribution in [0.5, 0.6) is 5.75 Å². The molecule has 0 aliphatic carbocycles. The molecule has 2 aliphatic rings. The van der Waals surface area contributed by atoms with Crippen molar-refractivity contribution in [1.82, 2.24) is 0 Å². The lowest BCUT2D eigenvalue weighted by Gasteiger charge is -2.33. The third-order valence-electron chi connectivity index (χ3n) is 7.30. The van der Waals surface area contributed by atoms with E-state index in [0.717, 1.165) is 26.9 Å². The zero-order valence-corrected chi connectivity index (χ0v) is 24.1. The fraction of sp³-hybridized carbons (Fsp3) is 0.355. The van der Waals surface area contributed by atoms with Crippen LogP contribution in [0.3, 0.4) is 0 Å². The van der Waals surface area contributed by atoms with Crippen LogP contribution in [0, 0.1) is 5.92 Å². The lowest BCUT2D eigenvalue weighted by Crippen LogP contribution is -2.37. The molecule has 0 bridgehead atoms. The van der Waals surface area contributed by atoms with Gasteiger partial charge in [-0.2, -0.15) is 0 Å². The highest BCUT2D eigenvalue weighted by molar-refractivity contribution is 9.10. The number of carbonyl (C=O) groups excluding carboxylic acids is 2. The van der Waals surface area contributed by atoms with Crippen molar-refractivity contribution in [2.45, 2.75) is 64.5 Å². The molecule has 2 aliphatic heterocycles. The van der Waals surface area contributed by atoms with Crippen LogP contribution in [0.4, 0.5) is 11.4 Å². The van der Waals surface area contributed by atoms with Gasteiger partial charge in [0.2, 0.25) is 5.91 Å². The second-order valence-corrected chi connectivity index (χ2v) is 13.0. The highest BCUT2D eigenvalue weighted by atomic mass is 79.9. The molecule has 0 spiro atoms. The second kappa shape index (κ2) is 9.24. The number of phenolic OH excluding ortho intramolecular Hbond substituents is 1. The Labute approximate surface area is 232 Å². The van der Waals surface area contributed by atoms with E-state index in [0.29, 0.717) is 5.69 Å². The number of hydroxylamine groups is 1. The Morgan fingerprint density at radius 3 is 1.87 bits per heavy atom. The number of anilines is 2. The van der Waals surface area contributed by atoms with Gasteiger partial charge in [-0.25, -0.2) is 9.96 Å². The summed E-state index contributed by atoms with van der Waals surface area (Å²) in [5, 5.41) is 13.0. The lowest BCUT2D eigenvalue weighted by molar-refractivity contribution is -0.126. The van der Waals surface area contributed by atoms with Gasteiger partial charge in [0, 0.05) is 4.47 Å². The first-order chi connectivity index (χ1) is 17.8. The van der Waals surface area contributed by atoms with E-state index in [1.807, 2.05) is 54.6 Å². The van der Waals surface area contributed by atoms with E-state index in [1.165, 1.54) is 4.90 Å². The van der Waals surface area contributed by atoms with Crippen LogP contribution >= 0.6 is 15.9 Å². The molecule has 1 N–H and O–H groups in total. The number of para-hydroxylation sites is 1. The molecule has 6 nitrogen and oxygen atoms in total. The summed E-state index contributed by atoms with van der Waals surface area (Å²) < 4.78 is 0.860. The van der Waals surface area contributed by atoms with Gasteiger partial charge in [0.05, 0.1) is 17.4 Å². The molecule has 2 fully saturated rings. The molecule has 7 heteroatoms. The van der Waals surface area contributed by atoms with Crippen LogP contribution in [0.25, 0.3) is 0 Å². The Kier molecular flexibility index (Phi) is 6.43. The molecule has 2 amide bonds. The molecule has 0 radical (unpaired) electrons. The third kappa shape index (κ3) is 4.41. The number of hydrogen-bond acceptors (Lipinski definition) is 5. The van der Waals surface area contributed by atoms with Gasteiger partial charge in [0.25, 0.3) is 5.91 Å². The van der Waals surface area contributed by atoms with Crippen LogP contribution < -0.4 is 9.96 Å². The molecular formula is C31H33BrN2O4. The minimum Gasteiger partial charge on any atom is -0.507 e. The first-order valence-corrected chi connectivity index (χ1v) is 13.6. The van der Waals surface area contributed by atoms with Crippen molar-refractivity contribution in [3.63, 3.8) is 0 Å². The van der Waals surface area contributed by atoms with E-state index in [4.69, 9.17) is 4.84 Å². The molecule has 198 valence electrons. The average Bonchev–Trinajstić information content (AvgIpc) is 3.35. The number of hydrogen-bond donors (Lipinski definition) is 1. The van der Waals surface area contributed by atoms with Gasteiger partial charge in [0.1, 0.15) is 11.7 Å². The van der Waals surface area contributed by atoms with Crippen LogP contribution in [0.1, 0.15) is 64.3 Å². The van der Waals surface area contributed by atoms with Gasteiger partial charge in [-0.15, -0.1) is 0 Å². The second-order valence-electron chi connectivity index (χ2n) is 12.1. The van der Waals surface area contributed by atoms with E-state index in [9.17, 15) is 14.7 Å². The highest BCUT2D eigenvalue weighted by Gasteiger charge is 2.60. The number of nitrogens with zero attached hydrogens (tertiary/aromatic N) is 2. The van der Waals surface area contributed by atoms with Gasteiger partial charge < -0.3 is 5.11 Å². The maximum atomic E-state index is 14.0. The molecule has 5 rings (SSSR count). The first-order valence-electron chi connectivity index (χ1n) is 12.8. The maximum Gasteiger partial charge on any atom is 0.266 e. The number of rotatable bonds is 3. The zero-order chi connectivity index (χ0) is 27.6. The Hall–Kier alpha value is -3.16. The molecule has 3 aromatic carbocycles. The Balaban J connectivity index is 1.70. The Bertz CT molecular complexity index is 1360. The standard InChI is InChI=1S/C31H33BrN2O4/c1-30(2,3)22-16-18(17-23(26(22)35)31(4,5)6)25-24-27(38-34(25)21-10-8-7-9-11-21)29(37)33(28(24)36)20-14-12-19(32)13-15-20/h7-17,24-25,27,35H,1-6H3/t24-,25+,27+/m0/s1. The van der Waals surface area contributed by atoms with E-state index < -0.39 is 18.1 Å². The van der Waals surface area contributed by atoms with Gasteiger partial charge in [-0.05, 0) is 76.1 Å². The molecule has 3 atom stereocenters. The number of phenols is 1. The van der Waals surface area contributed by atoms with E-state index in [2.05, 4.69) is 57.5 Å². The Morgan fingerprint density at radius 1 is 0.789 bits per heavy atom. The minimum absolute atomic E-state index is 0.265. The molecular weight excluding hydrogens is 544 g/mol. The molecule has 2 heterocycles. The fourth-order valence-electron chi connectivity index (χ4n) is 5.37. The summed E-state index contributed by atoms with van der Waals surface area (Å²) in [7, 11) is 0. The molecule has 0 saturated carbocycles. The van der Waals surface area contributed by atoms with Crippen molar-refractivity contribution >= 4 is 39.1 Å². The summed E-state index contributed by atoms with van der Waals surface area (Å²) in [6.07, 6.45) is -0.957. The summed E-state index contributed by atoms with van der Waals surface area (Å²) in [5.41, 5.74) is 2.97. The Morgan fingerprint density at radius 2 is 1.34 bits per heavy atom. The summed E-state index contributed by atoms with van der Waals surface area (Å²) >= 11 is 3.42. The molecule has 3 aromatic rings. The van der Waals surface area contributed by atoms with Crippen molar-refractivity contribution in [3.05, 3.63) is 87.9 Å². The molecule has 38 heavy (non-hydrogen) atoms. The predicted octanol–water partition coefficient (Wildman–Crippen LogP) is 6.80. The first kappa shape index (κ1) is 26.4. The lowest BCUT2D eigenvalue weighted by atomic mass is 9.76. The van der Waals surface area contributed by atoms with Crippen molar-refractivity contribution in [2.24, 2.45) is 5.92 Å².